The Morgan fingerprint density at radius 2 is 1.91 bits per heavy atom. The summed E-state index contributed by atoms with van der Waals surface area (Å²) in [6, 6.07) is 13.3. The highest BCUT2D eigenvalue weighted by molar-refractivity contribution is 6.04. The number of carbonyl (C=O) groups is 1. The van der Waals surface area contributed by atoms with Gasteiger partial charge < -0.3 is 24.1 Å². The molecule has 2 aliphatic rings. The first kappa shape index (κ1) is 23.0. The number of nitrogens with one attached hydrogen (secondary N) is 1. The largest absolute Gasteiger partial charge is 0.492 e. The minimum absolute atomic E-state index is 0.110. The predicted molar refractivity (Wildman–Crippen MR) is 133 cm³/mol. The van der Waals surface area contributed by atoms with Crippen LogP contribution in [-0.2, 0) is 19.9 Å². The van der Waals surface area contributed by atoms with E-state index in [0.29, 0.717) is 11.4 Å². The lowest BCUT2D eigenvalue weighted by molar-refractivity contribution is 0.102. The second-order valence-electron chi connectivity index (χ2n) is 9.07. The van der Waals surface area contributed by atoms with Gasteiger partial charge in [0.1, 0.15) is 5.56 Å². The van der Waals surface area contributed by atoms with E-state index in [4.69, 9.17) is 14.2 Å². The Kier molecular flexibility index (Phi) is 5.98. The maximum Gasteiger partial charge on any atom is 0.263 e. The zero-order valence-electron chi connectivity index (χ0n) is 20.4. The molecule has 0 aliphatic carbocycles. The second-order valence-corrected chi connectivity index (χ2v) is 9.07. The molecule has 0 radical (unpaired) electrons. The van der Waals surface area contributed by atoms with E-state index in [-0.39, 0.29) is 24.0 Å². The van der Waals surface area contributed by atoms with Gasteiger partial charge in [-0.2, -0.15) is 0 Å². The van der Waals surface area contributed by atoms with Crippen LogP contribution in [0.2, 0.25) is 0 Å². The number of hydrogen-bond donors (Lipinski definition) is 1. The van der Waals surface area contributed by atoms with E-state index in [9.17, 15) is 9.59 Å². The first-order valence-corrected chi connectivity index (χ1v) is 11.6. The van der Waals surface area contributed by atoms with Crippen LogP contribution in [0.3, 0.4) is 0 Å². The number of amides is 1. The summed E-state index contributed by atoms with van der Waals surface area (Å²) in [7, 11) is 5.45. The molecule has 2 aliphatic heterocycles. The summed E-state index contributed by atoms with van der Waals surface area (Å²) in [5.41, 5.74) is 4.72. The summed E-state index contributed by atoms with van der Waals surface area (Å²) in [6.45, 7) is 2.96. The summed E-state index contributed by atoms with van der Waals surface area (Å²) in [5.74, 6) is 1.74. The van der Waals surface area contributed by atoms with Gasteiger partial charge in [-0.1, -0.05) is 12.1 Å². The molecule has 1 aromatic heterocycles. The van der Waals surface area contributed by atoms with Gasteiger partial charge in [-0.15, -0.1) is 0 Å². The van der Waals surface area contributed by atoms with E-state index < -0.39 is 5.91 Å². The summed E-state index contributed by atoms with van der Waals surface area (Å²) in [5, 5.41) is 2.83. The molecule has 3 heterocycles. The molecule has 3 aromatic rings. The number of benzene rings is 2. The maximum absolute atomic E-state index is 12.7. The van der Waals surface area contributed by atoms with E-state index in [1.54, 1.807) is 26.3 Å². The average Bonchev–Trinajstić information content (AvgIpc) is 3.32. The van der Waals surface area contributed by atoms with Gasteiger partial charge in [0.15, 0.2) is 11.5 Å². The molecule has 0 fully saturated rings. The quantitative estimate of drug-likeness (QED) is 0.609. The van der Waals surface area contributed by atoms with Crippen LogP contribution in [0.5, 0.6) is 17.2 Å². The highest BCUT2D eigenvalue weighted by Crippen LogP contribution is 2.49. The van der Waals surface area contributed by atoms with E-state index >= 15 is 0 Å². The minimum atomic E-state index is -0.417. The lowest BCUT2D eigenvalue weighted by atomic mass is 9.87. The van der Waals surface area contributed by atoms with Crippen molar-refractivity contribution in [3.05, 3.63) is 80.8 Å². The standard InChI is InChI=1S/C27H29N3O5/c1-16-5-10-20(27(32)30(16)3)26(31)28-19-8-6-17(7-9-19)13-21-23-18(11-12-29(21)2)14-22-24(25(23)33-4)35-15-34-22/h5-10,14,21H,11-13,15H2,1-4H3,(H,28,31)/t21-/m1/s1. The van der Waals surface area contributed by atoms with Crippen LogP contribution in [0.4, 0.5) is 5.69 Å². The molecule has 1 atom stereocenters. The Balaban J connectivity index is 1.37. The second kappa shape index (κ2) is 9.11. The molecule has 0 spiro atoms. The van der Waals surface area contributed by atoms with Crippen molar-refractivity contribution in [3.8, 4) is 17.2 Å². The Hall–Kier alpha value is -3.78. The molecule has 35 heavy (non-hydrogen) atoms. The van der Waals surface area contributed by atoms with Crippen molar-refractivity contribution in [3.63, 3.8) is 0 Å². The highest BCUT2D eigenvalue weighted by Gasteiger charge is 2.34. The summed E-state index contributed by atoms with van der Waals surface area (Å²) < 4.78 is 18.6. The van der Waals surface area contributed by atoms with Crippen LogP contribution in [0.1, 0.15) is 38.8 Å². The normalized spacial score (nSPS) is 16.6. The Morgan fingerprint density at radius 1 is 1.14 bits per heavy atom. The molecule has 0 bridgehead atoms. The molecule has 2 aromatic carbocycles. The van der Waals surface area contributed by atoms with Crippen LogP contribution in [0, 0.1) is 6.92 Å². The molecule has 5 rings (SSSR count). The van der Waals surface area contributed by atoms with E-state index in [2.05, 4.69) is 23.3 Å². The van der Waals surface area contributed by atoms with E-state index in [0.717, 1.165) is 47.7 Å². The zero-order chi connectivity index (χ0) is 24.7. The Labute approximate surface area is 204 Å². The van der Waals surface area contributed by atoms with Crippen LogP contribution < -0.4 is 25.1 Å². The third-order valence-corrected chi connectivity index (χ3v) is 6.99. The van der Waals surface area contributed by atoms with Crippen molar-refractivity contribution in [2.75, 3.05) is 32.8 Å². The SMILES string of the molecule is COc1c2c(cc3c1[C@@H](Cc1ccc(NC(=O)c4ccc(C)n(C)c4=O)cc1)N(C)CC3)OCO2. The topological polar surface area (TPSA) is 82.0 Å². The number of nitrogens with zero attached hydrogens (tertiary/aromatic N) is 2. The van der Waals surface area contributed by atoms with Gasteiger partial charge in [0.25, 0.3) is 11.5 Å². The van der Waals surface area contributed by atoms with Gasteiger partial charge in [-0.3, -0.25) is 14.5 Å². The van der Waals surface area contributed by atoms with Gasteiger partial charge in [0.2, 0.25) is 12.5 Å². The number of aryl methyl sites for hydroxylation is 1. The molecule has 182 valence electrons. The number of aromatic nitrogens is 1. The number of likely N-dealkylation sites (N-methyl/N-ethyl adjacent to an activating group) is 1. The number of carbonyl (C=O) groups excluding carboxylic acids is 1. The van der Waals surface area contributed by atoms with Crippen LogP contribution in [0.25, 0.3) is 0 Å². The number of hydrogen-bond acceptors (Lipinski definition) is 6. The van der Waals surface area contributed by atoms with Gasteiger partial charge in [0, 0.05) is 36.6 Å². The zero-order valence-corrected chi connectivity index (χ0v) is 20.4. The summed E-state index contributed by atoms with van der Waals surface area (Å²) in [4.78, 5) is 27.4. The molecule has 8 heteroatoms. The fourth-order valence-corrected chi connectivity index (χ4v) is 4.83. The van der Waals surface area contributed by atoms with E-state index in [1.807, 2.05) is 31.2 Å². The van der Waals surface area contributed by atoms with Crippen molar-refractivity contribution in [1.29, 1.82) is 0 Å². The molecule has 1 amide bonds. The highest BCUT2D eigenvalue weighted by atomic mass is 16.7. The molecule has 0 saturated heterocycles. The monoisotopic (exact) mass is 475 g/mol. The third kappa shape index (κ3) is 4.14. The molecule has 1 N–H and O–H groups in total. The van der Waals surface area contributed by atoms with Crippen molar-refractivity contribution in [2.24, 2.45) is 7.05 Å². The van der Waals surface area contributed by atoms with Gasteiger partial charge in [-0.25, -0.2) is 0 Å². The third-order valence-electron chi connectivity index (χ3n) is 6.99. The van der Waals surface area contributed by atoms with Crippen LogP contribution in [0.15, 0.2) is 47.3 Å². The van der Waals surface area contributed by atoms with Crippen LogP contribution in [-0.4, -0.2) is 42.9 Å². The fraction of sp³-hybridized carbons (Fsp3) is 0.333. The average molecular weight is 476 g/mol. The smallest absolute Gasteiger partial charge is 0.263 e. The lowest BCUT2D eigenvalue weighted by Crippen LogP contribution is -2.33. The minimum Gasteiger partial charge on any atom is -0.492 e. The van der Waals surface area contributed by atoms with E-state index in [1.165, 1.54) is 10.1 Å². The first-order chi connectivity index (χ1) is 16.9. The molecular formula is C27H29N3O5. The van der Waals surface area contributed by atoms with Crippen LogP contribution >= 0.6 is 0 Å². The number of rotatable bonds is 5. The van der Waals surface area contributed by atoms with Crippen molar-refractivity contribution < 1.29 is 19.0 Å². The number of methoxy groups -OCH3 is 1. The molecule has 0 saturated carbocycles. The Bertz CT molecular complexity index is 1350. The van der Waals surface area contributed by atoms with Crippen molar-refractivity contribution >= 4 is 11.6 Å². The van der Waals surface area contributed by atoms with Gasteiger partial charge in [-0.05, 0) is 68.3 Å². The van der Waals surface area contributed by atoms with Gasteiger partial charge in [0.05, 0.1) is 7.11 Å². The predicted octanol–water partition coefficient (Wildman–Crippen LogP) is 3.46. The molecule has 0 unspecified atom stereocenters. The Morgan fingerprint density at radius 3 is 2.66 bits per heavy atom. The number of fused-ring (bicyclic) bond motifs is 2. The van der Waals surface area contributed by atoms with Crippen molar-refractivity contribution in [1.82, 2.24) is 9.47 Å². The fourth-order valence-electron chi connectivity index (χ4n) is 4.83. The lowest BCUT2D eigenvalue weighted by Gasteiger charge is -2.36. The molecule has 8 nitrogen and oxygen atoms in total. The maximum atomic E-state index is 12.7. The summed E-state index contributed by atoms with van der Waals surface area (Å²) >= 11 is 0. The number of ether oxygens (including phenoxy) is 3. The molecular weight excluding hydrogens is 446 g/mol. The van der Waals surface area contributed by atoms with Crippen molar-refractivity contribution in [2.45, 2.75) is 25.8 Å². The van der Waals surface area contributed by atoms with Gasteiger partial charge >= 0.3 is 0 Å². The number of pyridine rings is 1. The number of anilines is 1. The first-order valence-electron chi connectivity index (χ1n) is 11.6. The summed E-state index contributed by atoms with van der Waals surface area (Å²) in [6.07, 6.45) is 1.69.